The van der Waals surface area contributed by atoms with Crippen LogP contribution in [0, 0.1) is 0 Å². The topological polar surface area (TPSA) is 61.4 Å². The Bertz CT molecular complexity index is 357. The molecule has 2 aliphatic heterocycles. The first-order valence-corrected chi connectivity index (χ1v) is 7.87. The highest BCUT2D eigenvalue weighted by Gasteiger charge is 2.24. The lowest BCUT2D eigenvalue weighted by Crippen LogP contribution is -2.49. The number of hydrogen-bond donors (Lipinski definition) is 2. The Kier molecular flexibility index (Phi) is 5.40. The normalized spacial score (nSPS) is 27.6. The molecule has 0 aromatic rings. The minimum atomic E-state index is 0.121. The molecule has 2 heterocycles. The summed E-state index contributed by atoms with van der Waals surface area (Å²) in [5.41, 5.74) is 0. The fourth-order valence-electron chi connectivity index (χ4n) is 3.09. The molecule has 0 aromatic carbocycles. The highest BCUT2D eigenvalue weighted by molar-refractivity contribution is 5.79. The molecule has 2 unspecified atom stereocenters. The van der Waals surface area contributed by atoms with Crippen LogP contribution in [0.4, 0.5) is 0 Å². The second-order valence-electron chi connectivity index (χ2n) is 6.34. The number of carbonyl (C=O) groups excluding carboxylic acids is 2. The summed E-state index contributed by atoms with van der Waals surface area (Å²) in [5.74, 6) is 0.247. The maximum absolute atomic E-state index is 12.0. The molecule has 2 rings (SSSR count). The minimum Gasteiger partial charge on any atom is -0.353 e. The van der Waals surface area contributed by atoms with Crippen LogP contribution in [0.25, 0.3) is 0 Å². The Morgan fingerprint density at radius 3 is 2.90 bits per heavy atom. The number of nitrogens with one attached hydrogen (secondary N) is 2. The van der Waals surface area contributed by atoms with Gasteiger partial charge in [-0.2, -0.15) is 0 Å². The SMILES string of the molecule is CC(C)N1CCCC(NC(=O)CCC2CCC(=O)N2)C1. The fourth-order valence-corrected chi connectivity index (χ4v) is 3.09. The van der Waals surface area contributed by atoms with Crippen molar-refractivity contribution in [2.45, 2.75) is 70.5 Å². The quantitative estimate of drug-likeness (QED) is 0.791. The van der Waals surface area contributed by atoms with E-state index in [1.807, 2.05) is 0 Å². The van der Waals surface area contributed by atoms with Crippen molar-refractivity contribution in [3.05, 3.63) is 0 Å². The average molecular weight is 281 g/mol. The number of carbonyl (C=O) groups is 2. The van der Waals surface area contributed by atoms with Crippen molar-refractivity contribution in [3.63, 3.8) is 0 Å². The van der Waals surface area contributed by atoms with Crippen LogP contribution in [0.15, 0.2) is 0 Å². The van der Waals surface area contributed by atoms with Gasteiger partial charge in [-0.05, 0) is 46.1 Å². The Labute approximate surface area is 121 Å². The molecule has 2 fully saturated rings. The molecule has 0 spiro atoms. The van der Waals surface area contributed by atoms with E-state index in [1.165, 1.54) is 0 Å². The summed E-state index contributed by atoms with van der Waals surface area (Å²) in [6.45, 7) is 6.50. The Hall–Kier alpha value is -1.10. The predicted molar refractivity (Wildman–Crippen MR) is 78.3 cm³/mol. The van der Waals surface area contributed by atoms with Gasteiger partial charge in [0.2, 0.25) is 11.8 Å². The first-order valence-electron chi connectivity index (χ1n) is 7.87. The monoisotopic (exact) mass is 281 g/mol. The summed E-state index contributed by atoms with van der Waals surface area (Å²) in [5, 5.41) is 6.05. The smallest absolute Gasteiger partial charge is 0.220 e. The van der Waals surface area contributed by atoms with Crippen LogP contribution in [0.1, 0.15) is 52.4 Å². The van der Waals surface area contributed by atoms with Gasteiger partial charge in [0, 0.05) is 37.5 Å². The van der Waals surface area contributed by atoms with Crippen molar-refractivity contribution in [1.82, 2.24) is 15.5 Å². The highest BCUT2D eigenvalue weighted by Crippen LogP contribution is 2.14. The van der Waals surface area contributed by atoms with E-state index < -0.39 is 0 Å². The molecule has 114 valence electrons. The lowest BCUT2D eigenvalue weighted by atomic mass is 10.0. The van der Waals surface area contributed by atoms with Crippen molar-refractivity contribution in [2.75, 3.05) is 13.1 Å². The van der Waals surface area contributed by atoms with Gasteiger partial charge in [-0.15, -0.1) is 0 Å². The Morgan fingerprint density at radius 1 is 1.45 bits per heavy atom. The van der Waals surface area contributed by atoms with E-state index >= 15 is 0 Å². The van der Waals surface area contributed by atoms with Crippen molar-refractivity contribution in [2.24, 2.45) is 0 Å². The molecule has 2 aliphatic rings. The van der Waals surface area contributed by atoms with E-state index in [0.29, 0.717) is 18.9 Å². The van der Waals surface area contributed by atoms with E-state index in [1.54, 1.807) is 0 Å². The van der Waals surface area contributed by atoms with Crippen LogP contribution in [0.5, 0.6) is 0 Å². The van der Waals surface area contributed by atoms with Gasteiger partial charge in [0.25, 0.3) is 0 Å². The zero-order valence-electron chi connectivity index (χ0n) is 12.7. The number of amides is 2. The summed E-state index contributed by atoms with van der Waals surface area (Å²) in [6.07, 6.45) is 4.99. The summed E-state index contributed by atoms with van der Waals surface area (Å²) in [6, 6.07) is 1.03. The van der Waals surface area contributed by atoms with Gasteiger partial charge in [0.15, 0.2) is 0 Å². The summed E-state index contributed by atoms with van der Waals surface area (Å²) in [4.78, 5) is 25.5. The van der Waals surface area contributed by atoms with Gasteiger partial charge in [0.05, 0.1) is 0 Å². The van der Waals surface area contributed by atoms with E-state index in [9.17, 15) is 9.59 Å². The Balaban J connectivity index is 1.67. The van der Waals surface area contributed by atoms with E-state index in [0.717, 1.165) is 38.8 Å². The second kappa shape index (κ2) is 7.07. The van der Waals surface area contributed by atoms with Crippen LogP contribution in [0.3, 0.4) is 0 Å². The third-order valence-electron chi connectivity index (χ3n) is 4.35. The third-order valence-corrected chi connectivity index (χ3v) is 4.35. The third kappa shape index (κ3) is 4.47. The second-order valence-corrected chi connectivity index (χ2v) is 6.34. The molecule has 2 N–H and O–H groups in total. The van der Waals surface area contributed by atoms with Gasteiger partial charge in [-0.1, -0.05) is 0 Å². The summed E-state index contributed by atoms with van der Waals surface area (Å²) < 4.78 is 0. The molecule has 2 atom stereocenters. The molecule has 0 bridgehead atoms. The van der Waals surface area contributed by atoms with Crippen LogP contribution in [-0.4, -0.2) is 47.9 Å². The number of rotatable bonds is 5. The van der Waals surface area contributed by atoms with Gasteiger partial charge in [0.1, 0.15) is 0 Å². The number of hydrogen-bond acceptors (Lipinski definition) is 3. The molecule has 0 aromatic heterocycles. The molecular weight excluding hydrogens is 254 g/mol. The maximum Gasteiger partial charge on any atom is 0.220 e. The van der Waals surface area contributed by atoms with Gasteiger partial charge >= 0.3 is 0 Å². The van der Waals surface area contributed by atoms with Gasteiger partial charge < -0.3 is 10.6 Å². The fraction of sp³-hybridized carbons (Fsp3) is 0.867. The molecule has 5 nitrogen and oxygen atoms in total. The van der Waals surface area contributed by atoms with Crippen LogP contribution >= 0.6 is 0 Å². The molecule has 2 amide bonds. The largest absolute Gasteiger partial charge is 0.353 e. The van der Waals surface area contributed by atoms with Gasteiger partial charge in [-0.25, -0.2) is 0 Å². The number of likely N-dealkylation sites (tertiary alicyclic amines) is 1. The summed E-state index contributed by atoms with van der Waals surface area (Å²) in [7, 11) is 0. The van der Waals surface area contributed by atoms with Gasteiger partial charge in [-0.3, -0.25) is 14.5 Å². The Morgan fingerprint density at radius 2 is 2.25 bits per heavy atom. The van der Waals surface area contributed by atoms with E-state index in [2.05, 4.69) is 29.4 Å². The molecule has 20 heavy (non-hydrogen) atoms. The zero-order valence-corrected chi connectivity index (χ0v) is 12.7. The van der Waals surface area contributed by atoms with Crippen LogP contribution in [0.2, 0.25) is 0 Å². The van der Waals surface area contributed by atoms with E-state index in [4.69, 9.17) is 0 Å². The molecule has 2 saturated heterocycles. The zero-order chi connectivity index (χ0) is 14.5. The van der Waals surface area contributed by atoms with Crippen LogP contribution in [-0.2, 0) is 9.59 Å². The number of piperidine rings is 1. The van der Waals surface area contributed by atoms with Crippen molar-refractivity contribution in [3.8, 4) is 0 Å². The van der Waals surface area contributed by atoms with Crippen LogP contribution < -0.4 is 10.6 Å². The predicted octanol–water partition coefficient (Wildman–Crippen LogP) is 1.03. The summed E-state index contributed by atoms with van der Waals surface area (Å²) >= 11 is 0. The maximum atomic E-state index is 12.0. The molecule has 0 saturated carbocycles. The van der Waals surface area contributed by atoms with E-state index in [-0.39, 0.29) is 23.9 Å². The van der Waals surface area contributed by atoms with Crippen molar-refractivity contribution < 1.29 is 9.59 Å². The molecule has 0 aliphatic carbocycles. The van der Waals surface area contributed by atoms with Crippen molar-refractivity contribution >= 4 is 11.8 Å². The molecule has 0 radical (unpaired) electrons. The minimum absolute atomic E-state index is 0.121. The molecule has 5 heteroatoms. The highest BCUT2D eigenvalue weighted by atomic mass is 16.2. The standard InChI is InChI=1S/C15H27N3O2/c1-11(2)18-9-3-4-13(10-18)17-15(20)8-6-12-5-7-14(19)16-12/h11-13H,3-10H2,1-2H3,(H,16,19)(H,17,20). The number of nitrogens with zero attached hydrogens (tertiary/aromatic N) is 1. The lowest BCUT2D eigenvalue weighted by Gasteiger charge is -2.35. The first kappa shape index (κ1) is 15.3. The average Bonchev–Trinajstić information content (AvgIpc) is 2.82. The lowest BCUT2D eigenvalue weighted by molar-refractivity contribution is -0.123. The first-order chi connectivity index (χ1) is 9.54. The van der Waals surface area contributed by atoms with Crippen molar-refractivity contribution in [1.29, 1.82) is 0 Å². The molecular formula is C15H27N3O2.